The van der Waals surface area contributed by atoms with Crippen molar-refractivity contribution in [2.75, 3.05) is 47.5 Å². The van der Waals surface area contributed by atoms with Crippen LogP contribution in [0.1, 0.15) is 75.1 Å². The number of imidazole rings is 3. The number of carbonyl (C=O) groups excluding carboxylic acids is 3. The molecule has 0 N–H and O–H groups in total. The van der Waals surface area contributed by atoms with Crippen LogP contribution >= 0.6 is 0 Å². The molecule has 0 radical (unpaired) electrons. The number of fused-ring (bicyclic) bond motifs is 3. The molecule has 3 amide bonds. The second kappa shape index (κ2) is 34.1. The van der Waals surface area contributed by atoms with Crippen LogP contribution in [-0.4, -0.2) is 134 Å². The second-order valence-electron chi connectivity index (χ2n) is 27.1. The SMILES string of the molecule is C=CC(=O)N1CCC[C@@H]1Cn1c(=O)n(-c2ccc(Oc3cccc(OC)c3F)cc2)c2cncc(C)c21.CC#CC(=O)N1CCC[C@@H](n2c(=O)n(-c3ccc(Oc4cccc(OC)c4F)cc3)c3cncc(C)c32)C1.CC#CC(=O)N1CCC[C@@H]1Cn1c(=O)n(-c2ccc(Oc3cccc(OC)c3F)cc2)c2cncc(C)c21. The Kier molecular flexibility index (Phi) is 23.4. The average Bonchev–Trinajstić information content (AvgIpc) is 1.61. The Labute approximate surface area is 648 Å². The average molecular weight is 1530 g/mol. The number of aryl methyl sites for hydroxylation is 3. The summed E-state index contributed by atoms with van der Waals surface area (Å²) in [7, 11) is 4.18. The summed E-state index contributed by atoms with van der Waals surface area (Å²) in [5, 5.41) is 0. The first-order valence-electron chi connectivity index (χ1n) is 36.7. The maximum atomic E-state index is 14.5. The number of halogens is 3. The highest BCUT2D eigenvalue weighted by atomic mass is 19.1. The van der Waals surface area contributed by atoms with Crippen molar-refractivity contribution < 1.29 is 56.0 Å². The van der Waals surface area contributed by atoms with E-state index in [0.29, 0.717) is 90.1 Å². The zero-order valence-corrected chi connectivity index (χ0v) is 63.5. The lowest BCUT2D eigenvalue weighted by Gasteiger charge is -2.32. The van der Waals surface area contributed by atoms with Crippen molar-refractivity contribution in [2.45, 2.75) is 104 Å². The van der Waals surface area contributed by atoms with Gasteiger partial charge in [-0.25, -0.2) is 14.4 Å². The summed E-state index contributed by atoms with van der Waals surface area (Å²) in [6.45, 7) is 15.7. The fourth-order valence-corrected chi connectivity index (χ4v) is 14.9. The molecule has 3 fully saturated rings. The molecule has 9 heterocycles. The van der Waals surface area contributed by atoms with E-state index < -0.39 is 17.5 Å². The van der Waals surface area contributed by atoms with Crippen LogP contribution in [0.4, 0.5) is 13.2 Å². The molecule has 0 aliphatic carbocycles. The molecule has 6 aromatic heterocycles. The molecule has 24 nitrogen and oxygen atoms in total. The van der Waals surface area contributed by atoms with Crippen LogP contribution in [0, 0.1) is 61.9 Å². The van der Waals surface area contributed by atoms with Gasteiger partial charge in [0, 0.05) is 57.9 Å². The Morgan fingerprint density at radius 3 is 1.24 bits per heavy atom. The summed E-state index contributed by atoms with van der Waals surface area (Å²) in [5.74, 6) is 9.82. The summed E-state index contributed by atoms with van der Waals surface area (Å²) >= 11 is 0. The van der Waals surface area contributed by atoms with Gasteiger partial charge >= 0.3 is 17.1 Å². The topological polar surface area (TPSA) is 236 Å². The summed E-state index contributed by atoms with van der Waals surface area (Å²) in [6.07, 6.45) is 16.4. The molecule has 0 saturated carbocycles. The molecule has 3 saturated heterocycles. The van der Waals surface area contributed by atoms with E-state index in [1.54, 1.807) is 184 Å². The van der Waals surface area contributed by atoms with E-state index >= 15 is 0 Å². The summed E-state index contributed by atoms with van der Waals surface area (Å²) in [5.41, 5.74) is 8.07. The number of nitrogens with zero attached hydrogens (tertiary/aromatic N) is 12. The molecule has 12 aromatic rings. The van der Waals surface area contributed by atoms with Crippen molar-refractivity contribution in [3.63, 3.8) is 0 Å². The number of aromatic nitrogens is 9. The second-order valence-corrected chi connectivity index (χ2v) is 27.1. The van der Waals surface area contributed by atoms with Crippen molar-refractivity contribution in [1.29, 1.82) is 0 Å². The Morgan fingerprint density at radius 1 is 0.469 bits per heavy atom. The molecule has 0 spiro atoms. The lowest BCUT2D eigenvalue weighted by Crippen LogP contribution is -2.42. The first-order chi connectivity index (χ1) is 54.8. The van der Waals surface area contributed by atoms with E-state index in [1.165, 1.54) is 63.8 Å². The van der Waals surface area contributed by atoms with Crippen LogP contribution in [0.3, 0.4) is 0 Å². The van der Waals surface area contributed by atoms with Gasteiger partial charge in [0.1, 0.15) is 17.2 Å². The normalized spacial score (nSPS) is 15.1. The number of carbonyl (C=O) groups is 3. The Bertz CT molecular complexity index is 5940. The third kappa shape index (κ3) is 15.8. The number of hydrogen-bond donors (Lipinski definition) is 0. The number of pyridine rings is 3. The molecule has 3 aliphatic rings. The minimum absolute atomic E-state index is 0.0362. The van der Waals surface area contributed by atoms with Gasteiger partial charge in [0.25, 0.3) is 11.8 Å². The summed E-state index contributed by atoms with van der Waals surface area (Å²) in [6, 6.07) is 34.1. The minimum atomic E-state index is -0.593. The van der Waals surface area contributed by atoms with Crippen LogP contribution < -0.4 is 45.5 Å². The van der Waals surface area contributed by atoms with Crippen molar-refractivity contribution >= 4 is 50.8 Å². The Hall–Kier alpha value is -13.6. The van der Waals surface area contributed by atoms with Crippen molar-refractivity contribution in [1.82, 2.24) is 57.1 Å². The molecule has 27 heteroatoms. The molecule has 3 aliphatic heterocycles. The van der Waals surface area contributed by atoms with Gasteiger partial charge in [-0.2, -0.15) is 13.2 Å². The number of rotatable bonds is 18. The van der Waals surface area contributed by atoms with Crippen LogP contribution in [0.15, 0.2) is 192 Å². The number of methoxy groups -OCH3 is 3. The monoisotopic (exact) mass is 1530 g/mol. The molecular weight excluding hydrogens is 1450 g/mol. The van der Waals surface area contributed by atoms with Gasteiger partial charge in [-0.1, -0.05) is 36.6 Å². The Morgan fingerprint density at radius 2 is 0.832 bits per heavy atom. The first kappa shape index (κ1) is 77.6. The predicted octanol–water partition coefficient (Wildman–Crippen LogP) is 13.7. The summed E-state index contributed by atoms with van der Waals surface area (Å²) in [4.78, 5) is 97.0. The molecule has 0 bridgehead atoms. The smallest absolute Gasteiger partial charge is 0.334 e. The number of hydrogen-bond acceptors (Lipinski definition) is 15. The van der Waals surface area contributed by atoms with Crippen molar-refractivity contribution in [2.24, 2.45) is 0 Å². The standard InChI is InChI=1S/2C29H27FN4O4.C28H27FN4O4/c1-4-7-26(35)32-15-6-8-21(32)18-33-28-19(2)16-31-17-23(28)34(29(33)36)20-11-13-22(14-12-20)38-25-10-5-9-24(37-3)27(25)30;1-4-7-26(35)32-15-6-8-21(18-32)34-28-19(2)16-31-17-23(28)33(29(34)36)20-11-13-22(14-12-20)38-25-10-5-9-24(37-3)27(25)30;1-4-25(34)31-14-6-7-20(31)17-32-27-18(2)15-30-16-22(27)33(28(32)35)19-10-12-21(13-11-19)37-24-9-5-8-23(36-3)26(24)29/h2*5,9-14,16-17,21H,6,8,15,18H2,1-3H3;4-5,8-13,15-16,20H,1,6-7,14,17H2,2-3H3/t2*21-;20-/m111/s1. The van der Waals surface area contributed by atoms with Gasteiger partial charge < -0.3 is 43.1 Å². The van der Waals surface area contributed by atoms with Gasteiger partial charge in [0.15, 0.2) is 34.5 Å². The lowest BCUT2D eigenvalue weighted by atomic mass is 10.0. The number of likely N-dealkylation sites (tertiary alicyclic amines) is 3. The van der Waals surface area contributed by atoms with Gasteiger partial charge in [-0.05, 0) is 217 Å². The third-order valence-corrected chi connectivity index (χ3v) is 20.2. The highest BCUT2D eigenvalue weighted by Gasteiger charge is 2.34. The zero-order valence-electron chi connectivity index (χ0n) is 63.5. The van der Waals surface area contributed by atoms with Gasteiger partial charge in [-0.3, -0.25) is 56.7 Å². The van der Waals surface area contributed by atoms with Gasteiger partial charge in [0.2, 0.25) is 23.4 Å². The maximum absolute atomic E-state index is 14.5. The van der Waals surface area contributed by atoms with Crippen molar-refractivity contribution in [3.8, 4) is 92.5 Å². The third-order valence-electron chi connectivity index (χ3n) is 20.2. The van der Waals surface area contributed by atoms with Gasteiger partial charge in [0.05, 0.1) is 108 Å². The molecule has 0 unspecified atom stereocenters. The minimum Gasteiger partial charge on any atom is -0.494 e. The predicted molar refractivity (Wildman–Crippen MR) is 421 cm³/mol. The number of piperidine rings is 1. The van der Waals surface area contributed by atoms with Crippen LogP contribution in [0.2, 0.25) is 0 Å². The van der Waals surface area contributed by atoms with E-state index in [2.05, 4.69) is 45.2 Å². The molecule has 15 rings (SSSR count). The highest BCUT2D eigenvalue weighted by Crippen LogP contribution is 2.37. The Balaban J connectivity index is 0.000000148. The zero-order chi connectivity index (χ0) is 79.7. The quantitative estimate of drug-likeness (QED) is 0.0574. The lowest BCUT2D eigenvalue weighted by molar-refractivity contribution is -0.127. The van der Waals surface area contributed by atoms with Gasteiger partial charge in [-0.15, -0.1) is 0 Å². The molecule has 113 heavy (non-hydrogen) atoms. The van der Waals surface area contributed by atoms with Crippen LogP contribution in [0.25, 0.3) is 50.2 Å². The molecule has 578 valence electrons. The number of benzene rings is 6. The molecule has 3 atom stereocenters. The highest BCUT2D eigenvalue weighted by molar-refractivity contribution is 5.94. The largest absolute Gasteiger partial charge is 0.494 e. The molecule has 6 aromatic carbocycles. The fraction of sp³-hybridized carbons (Fsp3) is 0.267. The van der Waals surface area contributed by atoms with Crippen LogP contribution in [0.5, 0.6) is 51.7 Å². The van der Waals surface area contributed by atoms with E-state index in [4.69, 9.17) is 28.4 Å². The maximum Gasteiger partial charge on any atom is 0.334 e. The first-order valence-corrected chi connectivity index (χ1v) is 36.7. The van der Waals surface area contributed by atoms with E-state index in [0.717, 1.165) is 71.8 Å². The van der Waals surface area contributed by atoms with Crippen LogP contribution in [-0.2, 0) is 27.5 Å². The summed E-state index contributed by atoms with van der Waals surface area (Å²) < 4.78 is 85.8. The van der Waals surface area contributed by atoms with E-state index in [9.17, 15) is 41.9 Å². The fourth-order valence-electron chi connectivity index (χ4n) is 14.9. The number of ether oxygens (including phenoxy) is 6. The van der Waals surface area contributed by atoms with E-state index in [-0.39, 0.29) is 87.4 Å². The van der Waals surface area contributed by atoms with Crippen molar-refractivity contribution in [3.05, 3.63) is 243 Å². The number of amides is 3. The molecular formula is C86H81F3N12O12. The van der Waals surface area contributed by atoms with E-state index in [1.807, 2.05) is 20.8 Å².